The molecule has 1 aromatic heterocycles. The quantitative estimate of drug-likeness (QED) is 0.809. The van der Waals surface area contributed by atoms with Crippen molar-refractivity contribution >= 4 is 0 Å². The van der Waals surface area contributed by atoms with Crippen molar-refractivity contribution in [3.8, 4) is 0 Å². The van der Waals surface area contributed by atoms with Crippen LogP contribution in [0.1, 0.15) is 49.5 Å². The summed E-state index contributed by atoms with van der Waals surface area (Å²) in [7, 11) is 0. The van der Waals surface area contributed by atoms with Gasteiger partial charge in [0.25, 0.3) is 0 Å². The summed E-state index contributed by atoms with van der Waals surface area (Å²) in [5, 5.41) is 7.58. The van der Waals surface area contributed by atoms with Gasteiger partial charge in [0.15, 0.2) is 5.82 Å². The van der Waals surface area contributed by atoms with Crippen LogP contribution < -0.4 is 5.32 Å². The van der Waals surface area contributed by atoms with Gasteiger partial charge >= 0.3 is 0 Å². The Morgan fingerprint density at radius 1 is 1.24 bits per heavy atom. The van der Waals surface area contributed by atoms with Gasteiger partial charge in [0.2, 0.25) is 5.89 Å². The second-order valence-corrected chi connectivity index (χ2v) is 5.46. The molecule has 1 aromatic carbocycles. The van der Waals surface area contributed by atoms with Crippen LogP contribution in [-0.4, -0.2) is 22.7 Å². The first-order valence-electron chi connectivity index (χ1n) is 7.82. The number of nitrogens with one attached hydrogen (secondary N) is 1. The van der Waals surface area contributed by atoms with Gasteiger partial charge < -0.3 is 9.84 Å². The predicted molar refractivity (Wildman–Crippen MR) is 84.4 cm³/mol. The molecule has 0 amide bonds. The molecule has 1 heterocycles. The topological polar surface area (TPSA) is 51.0 Å². The molecule has 0 aliphatic rings. The second-order valence-electron chi connectivity index (χ2n) is 5.46. The summed E-state index contributed by atoms with van der Waals surface area (Å²) in [6.45, 7) is 7.40. The normalized spacial score (nSPS) is 12.5. The minimum absolute atomic E-state index is 0.423. The number of hydrogen-bond acceptors (Lipinski definition) is 4. The van der Waals surface area contributed by atoms with Crippen molar-refractivity contribution in [2.24, 2.45) is 0 Å². The van der Waals surface area contributed by atoms with E-state index in [1.54, 1.807) is 0 Å². The van der Waals surface area contributed by atoms with Crippen molar-refractivity contribution in [3.05, 3.63) is 47.1 Å². The van der Waals surface area contributed by atoms with Crippen molar-refractivity contribution in [1.82, 2.24) is 15.5 Å². The molecule has 1 atom stereocenters. The maximum atomic E-state index is 5.40. The van der Waals surface area contributed by atoms with Crippen LogP contribution in [0.3, 0.4) is 0 Å². The highest BCUT2D eigenvalue weighted by Crippen LogP contribution is 2.13. The highest BCUT2D eigenvalue weighted by Gasteiger charge is 2.13. The summed E-state index contributed by atoms with van der Waals surface area (Å²) < 4.78 is 5.40. The number of benzene rings is 1. The maximum absolute atomic E-state index is 5.40. The number of nitrogens with zero attached hydrogens (tertiary/aromatic N) is 2. The van der Waals surface area contributed by atoms with Gasteiger partial charge in [-0.15, -0.1) is 0 Å². The van der Waals surface area contributed by atoms with Gasteiger partial charge in [0.1, 0.15) is 0 Å². The minimum Gasteiger partial charge on any atom is -0.339 e. The summed E-state index contributed by atoms with van der Waals surface area (Å²) in [5.74, 6) is 1.50. The smallest absolute Gasteiger partial charge is 0.228 e. The second kappa shape index (κ2) is 7.93. The Labute approximate surface area is 127 Å². The summed E-state index contributed by atoms with van der Waals surface area (Å²) in [6, 6.07) is 8.74. The van der Waals surface area contributed by atoms with Crippen molar-refractivity contribution in [2.45, 2.75) is 52.5 Å². The highest BCUT2D eigenvalue weighted by atomic mass is 16.5. The zero-order valence-corrected chi connectivity index (χ0v) is 13.2. The van der Waals surface area contributed by atoms with E-state index in [0.29, 0.717) is 6.04 Å². The van der Waals surface area contributed by atoms with Crippen molar-refractivity contribution in [3.63, 3.8) is 0 Å². The van der Waals surface area contributed by atoms with Crippen LogP contribution >= 0.6 is 0 Å². The van der Waals surface area contributed by atoms with E-state index in [4.69, 9.17) is 4.52 Å². The summed E-state index contributed by atoms with van der Waals surface area (Å²) in [4.78, 5) is 4.53. The van der Waals surface area contributed by atoms with E-state index in [9.17, 15) is 0 Å². The molecule has 1 unspecified atom stereocenters. The summed E-state index contributed by atoms with van der Waals surface area (Å²) >= 11 is 0. The lowest BCUT2D eigenvalue weighted by Crippen LogP contribution is -2.30. The van der Waals surface area contributed by atoms with Gasteiger partial charge in [-0.2, -0.15) is 4.98 Å². The molecular formula is C17H25N3O. The average Bonchev–Trinajstić information content (AvgIpc) is 2.89. The van der Waals surface area contributed by atoms with Gasteiger partial charge in [-0.25, -0.2) is 0 Å². The Kier molecular flexibility index (Phi) is 5.93. The molecule has 0 radical (unpaired) electrons. The monoisotopic (exact) mass is 287 g/mol. The zero-order chi connectivity index (χ0) is 15.1. The first-order valence-corrected chi connectivity index (χ1v) is 7.82. The van der Waals surface area contributed by atoms with E-state index in [1.165, 1.54) is 11.1 Å². The Morgan fingerprint density at radius 3 is 2.76 bits per heavy atom. The van der Waals surface area contributed by atoms with Crippen LogP contribution in [0.2, 0.25) is 0 Å². The van der Waals surface area contributed by atoms with Crippen molar-refractivity contribution in [1.29, 1.82) is 0 Å². The van der Waals surface area contributed by atoms with Gasteiger partial charge in [0, 0.05) is 18.9 Å². The Balaban J connectivity index is 1.99. The molecule has 4 nitrogen and oxygen atoms in total. The predicted octanol–water partition coefficient (Wildman–Crippen LogP) is 3.29. The van der Waals surface area contributed by atoms with Crippen molar-refractivity contribution < 1.29 is 4.52 Å². The number of rotatable bonds is 8. The third kappa shape index (κ3) is 4.67. The largest absolute Gasteiger partial charge is 0.339 e. The van der Waals surface area contributed by atoms with E-state index in [-0.39, 0.29) is 0 Å². The molecule has 21 heavy (non-hydrogen) atoms. The molecule has 0 aliphatic heterocycles. The van der Waals surface area contributed by atoms with Crippen molar-refractivity contribution in [2.75, 3.05) is 6.54 Å². The molecule has 4 heteroatoms. The third-order valence-electron chi connectivity index (χ3n) is 3.67. The molecule has 0 fully saturated rings. The average molecular weight is 287 g/mol. The summed E-state index contributed by atoms with van der Waals surface area (Å²) in [6.07, 6.45) is 3.82. The SMILES string of the molecule is CCCC(Cc1nc(Cc2ccccc2C)no1)NCC. The van der Waals surface area contributed by atoms with Crippen LogP contribution in [0.15, 0.2) is 28.8 Å². The van der Waals surface area contributed by atoms with E-state index < -0.39 is 0 Å². The Hall–Kier alpha value is -1.68. The fourth-order valence-corrected chi connectivity index (χ4v) is 2.55. The molecular weight excluding hydrogens is 262 g/mol. The third-order valence-corrected chi connectivity index (χ3v) is 3.67. The minimum atomic E-state index is 0.423. The highest BCUT2D eigenvalue weighted by molar-refractivity contribution is 5.27. The molecule has 2 rings (SSSR count). The molecule has 0 saturated heterocycles. The van der Waals surface area contributed by atoms with Gasteiger partial charge in [-0.3, -0.25) is 0 Å². The van der Waals surface area contributed by atoms with E-state index in [2.05, 4.69) is 48.4 Å². The van der Waals surface area contributed by atoms with Gasteiger partial charge in [-0.1, -0.05) is 49.7 Å². The molecule has 0 spiro atoms. The molecule has 0 aliphatic carbocycles. The van der Waals surface area contributed by atoms with Crippen LogP contribution in [0.25, 0.3) is 0 Å². The first-order chi connectivity index (χ1) is 10.2. The number of aromatic nitrogens is 2. The lowest BCUT2D eigenvalue weighted by Gasteiger charge is -2.14. The Morgan fingerprint density at radius 2 is 2.05 bits per heavy atom. The lowest BCUT2D eigenvalue weighted by atomic mass is 10.1. The van der Waals surface area contributed by atoms with Crippen LogP contribution in [0.5, 0.6) is 0 Å². The van der Waals surface area contributed by atoms with E-state index in [0.717, 1.165) is 43.9 Å². The zero-order valence-electron chi connectivity index (χ0n) is 13.2. The van der Waals surface area contributed by atoms with Crippen LogP contribution in [0.4, 0.5) is 0 Å². The first kappa shape index (κ1) is 15.7. The summed E-state index contributed by atoms with van der Waals surface area (Å²) in [5.41, 5.74) is 2.52. The fraction of sp³-hybridized carbons (Fsp3) is 0.529. The lowest BCUT2D eigenvalue weighted by molar-refractivity contribution is 0.349. The molecule has 0 saturated carbocycles. The van der Waals surface area contributed by atoms with Crippen LogP contribution in [-0.2, 0) is 12.8 Å². The number of hydrogen-bond donors (Lipinski definition) is 1. The number of likely N-dealkylation sites (N-methyl/N-ethyl adjacent to an activating group) is 1. The van der Waals surface area contributed by atoms with E-state index in [1.807, 2.05) is 12.1 Å². The number of aryl methyl sites for hydroxylation is 1. The van der Waals surface area contributed by atoms with Crippen LogP contribution in [0, 0.1) is 6.92 Å². The maximum Gasteiger partial charge on any atom is 0.228 e. The van der Waals surface area contributed by atoms with E-state index >= 15 is 0 Å². The Bertz CT molecular complexity index is 544. The van der Waals surface area contributed by atoms with Gasteiger partial charge in [-0.05, 0) is 31.0 Å². The van der Waals surface area contributed by atoms with Gasteiger partial charge in [0.05, 0.1) is 0 Å². The fourth-order valence-electron chi connectivity index (χ4n) is 2.55. The molecule has 2 aromatic rings. The molecule has 114 valence electrons. The molecule has 1 N–H and O–H groups in total. The standard InChI is InChI=1S/C17H25N3O/c1-4-8-15(18-5-2)12-17-19-16(20-21-17)11-14-10-7-6-9-13(14)3/h6-7,9-10,15,18H,4-5,8,11-12H2,1-3H3. The molecule has 0 bridgehead atoms.